The number of nitrogens with zero attached hydrogens (tertiary/aromatic N) is 5. The van der Waals surface area contributed by atoms with Crippen LogP contribution in [0.1, 0.15) is 33.5 Å². The average Bonchev–Trinajstić information content (AvgIpc) is 3.21. The fraction of sp³-hybridized carbons (Fsp3) is 0.278. The number of aryl methyl sites for hydroxylation is 2. The van der Waals surface area contributed by atoms with E-state index in [0.717, 1.165) is 5.69 Å². The second-order valence-electron chi connectivity index (χ2n) is 6.12. The van der Waals surface area contributed by atoms with Crippen molar-refractivity contribution < 1.29 is 9.59 Å². The molecule has 0 spiro atoms. The van der Waals surface area contributed by atoms with E-state index in [-0.39, 0.29) is 23.9 Å². The van der Waals surface area contributed by atoms with Crippen LogP contribution >= 0.6 is 12.4 Å². The second kappa shape index (κ2) is 9.30. The molecule has 3 heterocycles. The summed E-state index contributed by atoms with van der Waals surface area (Å²) in [6.45, 7) is 5.09. The number of amides is 2. The van der Waals surface area contributed by atoms with Gasteiger partial charge in [0.05, 0.1) is 11.3 Å². The van der Waals surface area contributed by atoms with Crippen molar-refractivity contribution in [2.75, 3.05) is 11.9 Å². The number of nitrogens with two attached hydrogens (primary N) is 2. The van der Waals surface area contributed by atoms with Gasteiger partial charge in [0.25, 0.3) is 5.91 Å². The van der Waals surface area contributed by atoms with Crippen LogP contribution in [0.4, 0.5) is 5.95 Å². The first-order valence-corrected chi connectivity index (χ1v) is 8.81. The van der Waals surface area contributed by atoms with Crippen molar-refractivity contribution >= 4 is 41.3 Å². The van der Waals surface area contributed by atoms with Gasteiger partial charge in [-0.2, -0.15) is 5.10 Å². The van der Waals surface area contributed by atoms with Gasteiger partial charge in [-0.05, 0) is 26.0 Å². The van der Waals surface area contributed by atoms with Gasteiger partial charge in [-0.1, -0.05) is 12.2 Å². The predicted molar refractivity (Wildman–Crippen MR) is 112 cm³/mol. The van der Waals surface area contributed by atoms with Crippen LogP contribution in [-0.4, -0.2) is 42.7 Å². The van der Waals surface area contributed by atoms with Gasteiger partial charge >= 0.3 is 0 Å². The number of anilines is 1. The average molecular weight is 419 g/mol. The molecule has 11 heteroatoms. The molecule has 0 aliphatic carbocycles. The van der Waals surface area contributed by atoms with Crippen molar-refractivity contribution in [3.63, 3.8) is 0 Å². The lowest BCUT2D eigenvalue weighted by Gasteiger charge is -2.08. The number of imidazole rings is 1. The van der Waals surface area contributed by atoms with Crippen LogP contribution in [0.2, 0.25) is 0 Å². The van der Waals surface area contributed by atoms with Gasteiger partial charge in [-0.25, -0.2) is 9.97 Å². The highest BCUT2D eigenvalue weighted by Gasteiger charge is 2.19. The third-order valence-electron chi connectivity index (χ3n) is 4.12. The predicted octanol–water partition coefficient (Wildman–Crippen LogP) is 1.24. The molecule has 0 aromatic carbocycles. The Morgan fingerprint density at radius 1 is 1.28 bits per heavy atom. The number of hydrogen-bond acceptors (Lipinski definition) is 6. The number of fused-ring (bicyclic) bond motifs is 1. The molecule has 10 nitrogen and oxygen atoms in total. The lowest BCUT2D eigenvalue weighted by Crippen LogP contribution is -2.20. The zero-order chi connectivity index (χ0) is 20.3. The summed E-state index contributed by atoms with van der Waals surface area (Å²) in [6, 6.07) is 3.26. The molecule has 29 heavy (non-hydrogen) atoms. The molecule has 3 rings (SSSR count). The molecule has 0 unspecified atom stereocenters. The van der Waals surface area contributed by atoms with E-state index in [1.54, 1.807) is 27.5 Å². The Labute approximate surface area is 173 Å². The standard InChI is InChI=1S/C18H22N8O2.ClH/c1-3-26-14(8-11(2)24-26)17(28)23-18-22-13-9-12(15(20)27)10-21-16(13)25(18)7-5-4-6-19;/h4-5,8-10H,3,6-7,19H2,1-2H3,(H2,20,27)(H,22,23,28);1H. The highest BCUT2D eigenvalue weighted by Crippen LogP contribution is 2.20. The maximum Gasteiger partial charge on any atom is 0.276 e. The monoisotopic (exact) mass is 418 g/mol. The van der Waals surface area contributed by atoms with Gasteiger partial charge in [-0.15, -0.1) is 12.4 Å². The Balaban J connectivity index is 0.00000300. The number of aromatic nitrogens is 5. The molecule has 0 bridgehead atoms. The lowest BCUT2D eigenvalue weighted by molar-refractivity contribution is 0.0995. The van der Waals surface area contributed by atoms with Crippen LogP contribution in [0.25, 0.3) is 11.2 Å². The van der Waals surface area contributed by atoms with E-state index < -0.39 is 5.91 Å². The zero-order valence-corrected chi connectivity index (χ0v) is 16.9. The van der Waals surface area contributed by atoms with E-state index in [0.29, 0.717) is 42.4 Å². The fourth-order valence-electron chi connectivity index (χ4n) is 2.83. The van der Waals surface area contributed by atoms with Crippen molar-refractivity contribution in [3.05, 3.63) is 47.4 Å². The minimum Gasteiger partial charge on any atom is -0.366 e. The van der Waals surface area contributed by atoms with Crippen LogP contribution in [0.15, 0.2) is 30.5 Å². The number of primary amides is 1. The van der Waals surface area contributed by atoms with Gasteiger partial charge < -0.3 is 11.5 Å². The molecule has 154 valence electrons. The minimum atomic E-state index is -0.597. The topological polar surface area (TPSA) is 147 Å². The normalized spacial score (nSPS) is 11.0. The zero-order valence-electron chi connectivity index (χ0n) is 16.1. The third kappa shape index (κ3) is 4.61. The van der Waals surface area contributed by atoms with Crippen LogP contribution in [-0.2, 0) is 13.1 Å². The number of nitrogens with one attached hydrogen (secondary N) is 1. The van der Waals surface area contributed by atoms with E-state index >= 15 is 0 Å². The number of hydrogen-bond donors (Lipinski definition) is 3. The molecule has 0 radical (unpaired) electrons. The minimum absolute atomic E-state index is 0. The Morgan fingerprint density at radius 3 is 2.69 bits per heavy atom. The summed E-state index contributed by atoms with van der Waals surface area (Å²) in [6.07, 6.45) is 5.03. The van der Waals surface area contributed by atoms with Gasteiger partial charge in [0.2, 0.25) is 11.9 Å². The van der Waals surface area contributed by atoms with E-state index in [4.69, 9.17) is 11.5 Å². The molecule has 5 N–H and O–H groups in total. The summed E-state index contributed by atoms with van der Waals surface area (Å²) in [5.41, 5.74) is 13.2. The van der Waals surface area contributed by atoms with Crippen LogP contribution < -0.4 is 16.8 Å². The quantitative estimate of drug-likeness (QED) is 0.492. The number of pyridine rings is 1. The highest BCUT2D eigenvalue weighted by atomic mass is 35.5. The van der Waals surface area contributed by atoms with E-state index in [1.807, 2.05) is 19.9 Å². The smallest absolute Gasteiger partial charge is 0.276 e. The Morgan fingerprint density at radius 2 is 2.03 bits per heavy atom. The number of allylic oxidation sites excluding steroid dienone is 1. The molecule has 3 aromatic rings. The fourth-order valence-corrected chi connectivity index (χ4v) is 2.83. The van der Waals surface area contributed by atoms with Crippen LogP contribution in [0.5, 0.6) is 0 Å². The number of carbonyl (C=O) groups is 2. The third-order valence-corrected chi connectivity index (χ3v) is 4.12. The Hall–Kier alpha value is -3.24. The summed E-state index contributed by atoms with van der Waals surface area (Å²) >= 11 is 0. The largest absolute Gasteiger partial charge is 0.366 e. The van der Waals surface area contributed by atoms with Crippen molar-refractivity contribution in [1.29, 1.82) is 0 Å². The molecule has 0 fully saturated rings. The Bertz CT molecular complexity index is 1070. The molecule has 0 saturated heterocycles. The molecule has 0 atom stereocenters. The van der Waals surface area contributed by atoms with E-state index in [1.165, 1.54) is 6.20 Å². The van der Waals surface area contributed by atoms with Crippen LogP contribution in [0, 0.1) is 6.92 Å². The summed E-state index contributed by atoms with van der Waals surface area (Å²) in [5, 5.41) is 7.10. The molecular formula is C18H23ClN8O2. The van der Waals surface area contributed by atoms with Gasteiger partial charge in [0, 0.05) is 25.8 Å². The molecule has 0 aliphatic heterocycles. The SMILES string of the molecule is CCn1nc(C)cc1C(=O)Nc1nc2cc(C(N)=O)cnc2n1CC=CCN.Cl. The highest BCUT2D eigenvalue weighted by molar-refractivity contribution is 6.03. The number of carbonyl (C=O) groups excluding carboxylic acids is 2. The maximum atomic E-state index is 12.8. The molecule has 2 amide bonds. The first kappa shape index (κ1) is 22.1. The van der Waals surface area contributed by atoms with Crippen molar-refractivity contribution in [2.24, 2.45) is 11.5 Å². The van der Waals surface area contributed by atoms with Crippen LogP contribution in [0.3, 0.4) is 0 Å². The van der Waals surface area contributed by atoms with E-state index in [2.05, 4.69) is 20.4 Å². The summed E-state index contributed by atoms with van der Waals surface area (Å²) in [4.78, 5) is 32.9. The number of halogens is 1. The molecule has 3 aromatic heterocycles. The second-order valence-corrected chi connectivity index (χ2v) is 6.12. The maximum absolute atomic E-state index is 12.8. The summed E-state index contributed by atoms with van der Waals surface area (Å²) < 4.78 is 3.35. The van der Waals surface area contributed by atoms with Crippen molar-refractivity contribution in [1.82, 2.24) is 24.3 Å². The van der Waals surface area contributed by atoms with Crippen molar-refractivity contribution in [3.8, 4) is 0 Å². The number of rotatable bonds is 7. The van der Waals surface area contributed by atoms with E-state index in [9.17, 15) is 9.59 Å². The summed E-state index contributed by atoms with van der Waals surface area (Å²) in [5.74, 6) is -0.630. The van der Waals surface area contributed by atoms with Crippen molar-refractivity contribution in [2.45, 2.75) is 26.9 Å². The molecule has 0 aliphatic rings. The Kier molecular flexibility index (Phi) is 7.08. The molecular weight excluding hydrogens is 396 g/mol. The van der Waals surface area contributed by atoms with Gasteiger partial charge in [-0.3, -0.25) is 24.2 Å². The first-order chi connectivity index (χ1) is 13.4. The van der Waals surface area contributed by atoms with Gasteiger partial charge in [0.15, 0.2) is 5.65 Å². The van der Waals surface area contributed by atoms with Gasteiger partial charge in [0.1, 0.15) is 11.2 Å². The lowest BCUT2D eigenvalue weighted by atomic mass is 10.2. The first-order valence-electron chi connectivity index (χ1n) is 8.81. The summed E-state index contributed by atoms with van der Waals surface area (Å²) in [7, 11) is 0. The molecule has 0 saturated carbocycles.